The summed E-state index contributed by atoms with van der Waals surface area (Å²) < 4.78 is 40.6. The Hall–Kier alpha value is -2.98. The van der Waals surface area contributed by atoms with Crippen LogP contribution in [-0.2, 0) is 5.75 Å². The van der Waals surface area contributed by atoms with Crippen LogP contribution in [0.4, 0.5) is 24.5 Å². The number of amides is 1. The fraction of sp³-hybridized carbons (Fsp3) is 0.360. The summed E-state index contributed by atoms with van der Waals surface area (Å²) in [5.41, 5.74) is 1.12. The lowest BCUT2D eigenvalue weighted by Gasteiger charge is -2.17. The quantitative estimate of drug-likeness (QED) is 0.345. The number of hydrogen-bond donors (Lipinski definition) is 2. The monoisotopic (exact) mass is 510 g/mol. The van der Waals surface area contributed by atoms with Crippen molar-refractivity contribution in [3.8, 4) is 0 Å². The molecular formula is C25H33F3N4O2S. The minimum Gasteiger partial charge on any atom is -0.455 e. The fourth-order valence-electron chi connectivity index (χ4n) is 2.98. The predicted molar refractivity (Wildman–Crippen MR) is 141 cm³/mol. The summed E-state index contributed by atoms with van der Waals surface area (Å²) in [6, 6.07) is 11.6. The molecule has 0 atom stereocenters. The summed E-state index contributed by atoms with van der Waals surface area (Å²) >= 11 is 1.67. The van der Waals surface area contributed by atoms with Crippen LogP contribution in [0.5, 0.6) is 0 Å². The summed E-state index contributed by atoms with van der Waals surface area (Å²) in [5, 5.41) is 5.62. The molecule has 0 spiro atoms. The number of carbonyl (C=O) groups is 1. The second-order valence-electron chi connectivity index (χ2n) is 7.36. The highest BCUT2D eigenvalue weighted by atomic mass is 32.2. The van der Waals surface area contributed by atoms with Gasteiger partial charge in [0, 0.05) is 30.7 Å². The summed E-state index contributed by atoms with van der Waals surface area (Å²) in [6.07, 6.45) is 1.46. The van der Waals surface area contributed by atoms with Crippen LogP contribution in [0.15, 0.2) is 70.2 Å². The topological polar surface area (TPSA) is 69.9 Å². The van der Waals surface area contributed by atoms with Crippen molar-refractivity contribution in [1.29, 1.82) is 0 Å². The number of hydrogen-bond acceptors (Lipinski definition) is 6. The third-order valence-corrected chi connectivity index (χ3v) is 5.12. The standard InChI is InChI=1S/C17H20N2O2S.C6H6F3N.C2H7N/c1-22-12-15-8-9-16(21-15)17(20)18-13-4-6-14(7-5-13)19-10-2-3-11-19;1-3-5(4-10-2)6(7,8)9;1-3-2/h4-9H,2-3,10-12H2,1H3,(H,18,20);3-4H,1-2H2;3H,1-2H3/b;5-4+;. The molecular weight excluding hydrogens is 477 g/mol. The SMILES string of the molecule is C=C/C(=C\N=C)C(F)(F)F.CNC.CSCc1ccc(C(=O)Nc2ccc(N3CCCC3)cc2)o1. The number of nitrogens with zero attached hydrogens (tertiary/aromatic N) is 2. The van der Waals surface area contributed by atoms with E-state index < -0.39 is 11.7 Å². The molecule has 1 aliphatic heterocycles. The maximum absolute atomic E-state index is 12.2. The molecule has 0 aliphatic carbocycles. The Morgan fingerprint density at radius 2 is 1.77 bits per heavy atom. The zero-order valence-electron chi connectivity index (χ0n) is 20.3. The zero-order chi connectivity index (χ0) is 26.3. The Bertz CT molecular complexity index is 950. The minimum absolute atomic E-state index is 0.207. The Labute approximate surface area is 209 Å². The maximum atomic E-state index is 12.2. The van der Waals surface area contributed by atoms with Crippen molar-refractivity contribution in [2.45, 2.75) is 24.8 Å². The van der Waals surface area contributed by atoms with E-state index in [0.717, 1.165) is 30.3 Å². The summed E-state index contributed by atoms with van der Waals surface area (Å²) in [7, 11) is 3.75. The molecule has 35 heavy (non-hydrogen) atoms. The summed E-state index contributed by atoms with van der Waals surface area (Å²) in [6.45, 7) is 8.10. The van der Waals surface area contributed by atoms with E-state index in [1.54, 1.807) is 17.8 Å². The normalized spacial score (nSPS) is 13.2. The Morgan fingerprint density at radius 3 is 2.23 bits per heavy atom. The first kappa shape index (κ1) is 30.1. The van der Waals surface area contributed by atoms with E-state index in [4.69, 9.17) is 4.42 Å². The molecule has 1 saturated heterocycles. The Kier molecular flexibility index (Phi) is 13.6. The van der Waals surface area contributed by atoms with Crippen molar-refractivity contribution in [3.63, 3.8) is 0 Å². The number of alkyl halides is 3. The zero-order valence-corrected chi connectivity index (χ0v) is 21.1. The molecule has 3 rings (SSSR count). The highest BCUT2D eigenvalue weighted by molar-refractivity contribution is 7.97. The van der Waals surface area contributed by atoms with E-state index in [1.165, 1.54) is 18.5 Å². The van der Waals surface area contributed by atoms with Crippen LogP contribution in [0.25, 0.3) is 0 Å². The van der Waals surface area contributed by atoms with Crippen molar-refractivity contribution < 1.29 is 22.4 Å². The number of anilines is 2. The number of furan rings is 1. The molecule has 192 valence electrons. The van der Waals surface area contributed by atoms with Gasteiger partial charge in [0.15, 0.2) is 5.76 Å². The molecule has 0 radical (unpaired) electrons. The van der Waals surface area contributed by atoms with Crippen LogP contribution < -0.4 is 15.5 Å². The van der Waals surface area contributed by atoms with Gasteiger partial charge in [0.05, 0.1) is 11.3 Å². The largest absolute Gasteiger partial charge is 0.455 e. The van der Waals surface area contributed by atoms with Crippen LogP contribution in [0.3, 0.4) is 0 Å². The number of halogens is 3. The predicted octanol–water partition coefficient (Wildman–Crippen LogP) is 6.15. The third kappa shape index (κ3) is 10.9. The van der Waals surface area contributed by atoms with Crippen LogP contribution in [-0.4, -0.2) is 52.2 Å². The van der Waals surface area contributed by atoms with Gasteiger partial charge in [-0.15, -0.1) is 0 Å². The Balaban J connectivity index is 0.000000397. The van der Waals surface area contributed by atoms with Crippen molar-refractivity contribution in [2.75, 3.05) is 43.7 Å². The lowest BCUT2D eigenvalue weighted by molar-refractivity contribution is -0.0883. The van der Waals surface area contributed by atoms with Gasteiger partial charge in [-0.25, -0.2) is 0 Å². The van der Waals surface area contributed by atoms with Gasteiger partial charge in [-0.05, 0) is 76.3 Å². The van der Waals surface area contributed by atoms with E-state index in [1.807, 2.05) is 38.6 Å². The van der Waals surface area contributed by atoms with E-state index in [0.29, 0.717) is 18.0 Å². The molecule has 1 aromatic carbocycles. The molecule has 1 fully saturated rings. The van der Waals surface area contributed by atoms with E-state index in [9.17, 15) is 18.0 Å². The first-order chi connectivity index (χ1) is 16.7. The molecule has 1 aromatic heterocycles. The molecule has 1 aliphatic rings. The molecule has 1 amide bonds. The first-order valence-electron chi connectivity index (χ1n) is 10.9. The number of carbonyl (C=O) groups excluding carboxylic acids is 1. The van der Waals surface area contributed by atoms with Gasteiger partial charge < -0.3 is 20.0 Å². The third-order valence-electron chi connectivity index (χ3n) is 4.55. The molecule has 2 N–H and O–H groups in total. The number of rotatable bonds is 7. The van der Waals surface area contributed by atoms with Gasteiger partial charge in [0.25, 0.3) is 5.91 Å². The molecule has 6 nitrogen and oxygen atoms in total. The lowest BCUT2D eigenvalue weighted by Crippen LogP contribution is -2.17. The van der Waals surface area contributed by atoms with Crippen LogP contribution in [0.1, 0.15) is 29.2 Å². The van der Waals surface area contributed by atoms with Gasteiger partial charge in [-0.1, -0.05) is 12.7 Å². The molecule has 10 heteroatoms. The summed E-state index contributed by atoms with van der Waals surface area (Å²) in [5.74, 6) is 1.74. The van der Waals surface area contributed by atoms with Crippen molar-refractivity contribution in [1.82, 2.24) is 5.32 Å². The lowest BCUT2D eigenvalue weighted by atomic mass is 10.2. The van der Waals surface area contributed by atoms with Crippen LogP contribution in [0, 0.1) is 0 Å². The smallest absolute Gasteiger partial charge is 0.417 e. The number of benzene rings is 1. The highest BCUT2D eigenvalue weighted by Gasteiger charge is 2.31. The number of aliphatic imine (C=N–C) groups is 1. The molecule has 0 unspecified atom stereocenters. The maximum Gasteiger partial charge on any atom is 0.417 e. The van der Waals surface area contributed by atoms with Crippen LogP contribution in [0.2, 0.25) is 0 Å². The van der Waals surface area contributed by atoms with Gasteiger partial charge in [-0.2, -0.15) is 24.9 Å². The number of allylic oxidation sites excluding steroid dienone is 2. The average molecular weight is 511 g/mol. The minimum atomic E-state index is -4.37. The second kappa shape index (κ2) is 15.8. The fourth-order valence-corrected chi connectivity index (χ4v) is 3.42. The number of thioether (sulfide) groups is 1. The van der Waals surface area contributed by atoms with Gasteiger partial charge >= 0.3 is 6.18 Å². The van der Waals surface area contributed by atoms with Crippen molar-refractivity contribution >= 4 is 35.8 Å². The molecule has 0 saturated carbocycles. The second-order valence-corrected chi connectivity index (χ2v) is 8.23. The molecule has 0 bridgehead atoms. The summed E-state index contributed by atoms with van der Waals surface area (Å²) in [4.78, 5) is 17.5. The van der Waals surface area contributed by atoms with Gasteiger partial charge in [0.1, 0.15) is 5.76 Å². The Morgan fingerprint density at radius 1 is 1.17 bits per heavy atom. The average Bonchev–Trinajstić information content (AvgIpc) is 3.51. The van der Waals surface area contributed by atoms with Gasteiger partial charge in [-0.3, -0.25) is 9.79 Å². The first-order valence-corrected chi connectivity index (χ1v) is 12.3. The molecule has 2 aromatic rings. The van der Waals surface area contributed by atoms with E-state index >= 15 is 0 Å². The highest BCUT2D eigenvalue weighted by Crippen LogP contribution is 2.26. The van der Waals surface area contributed by atoms with E-state index in [2.05, 4.69) is 46.0 Å². The van der Waals surface area contributed by atoms with E-state index in [-0.39, 0.29) is 5.91 Å². The van der Waals surface area contributed by atoms with Crippen LogP contribution >= 0.6 is 11.8 Å². The molecule has 2 heterocycles. The number of nitrogens with one attached hydrogen (secondary N) is 2. The van der Waals surface area contributed by atoms with Gasteiger partial charge in [0.2, 0.25) is 0 Å². The van der Waals surface area contributed by atoms with Crippen molar-refractivity contribution in [3.05, 3.63) is 72.3 Å². The van der Waals surface area contributed by atoms with Crippen molar-refractivity contribution in [2.24, 2.45) is 4.99 Å².